The van der Waals surface area contributed by atoms with Gasteiger partial charge in [0.05, 0.1) is 12.1 Å². The Morgan fingerprint density at radius 3 is 2.88 bits per heavy atom. The first kappa shape index (κ1) is 10.4. The normalized spacial score (nSPS) is 34.4. The molecule has 1 aliphatic heterocycles. The van der Waals surface area contributed by atoms with E-state index in [-0.39, 0.29) is 0 Å². The first-order valence-corrected chi connectivity index (χ1v) is 6.89. The highest BCUT2D eigenvalue weighted by atomic mass is 15.3. The topological polar surface area (TPSA) is 15.6 Å². The molecule has 0 amide bonds. The monoisotopic (exact) mass is 218 g/mol. The Kier molecular flexibility index (Phi) is 2.74. The molecular weight excluding hydrogens is 196 g/mol. The maximum Gasteiger partial charge on any atom is 0.101 e. The Morgan fingerprint density at radius 1 is 1.19 bits per heavy atom. The highest BCUT2D eigenvalue weighted by Gasteiger charge is 2.37. The molecule has 3 aliphatic rings. The van der Waals surface area contributed by atoms with Gasteiger partial charge in [-0.2, -0.15) is 0 Å². The third-order valence-corrected chi connectivity index (χ3v) is 4.30. The number of hydrogen-bond acceptors (Lipinski definition) is 2. The van der Waals surface area contributed by atoms with Crippen LogP contribution in [0.4, 0.5) is 0 Å². The largest absolute Gasteiger partial charge is 0.329 e. The van der Waals surface area contributed by atoms with Crippen molar-refractivity contribution in [2.45, 2.75) is 70.4 Å². The lowest BCUT2D eigenvalue weighted by Crippen LogP contribution is -2.40. The molecule has 1 saturated carbocycles. The standard InChI is InChI=1S/C14H22N2/c1-11-15-13-9-5-6-10-14(13)16(11)12-7-3-2-4-8-12/h7,13-14H,2-6,8-10H2,1H3/t13?,14-/m0/s1. The van der Waals surface area contributed by atoms with E-state index in [1.165, 1.54) is 57.2 Å². The number of nitrogens with zero attached hydrogens (tertiary/aromatic N) is 2. The Bertz CT molecular complexity index is 330. The number of amidine groups is 1. The van der Waals surface area contributed by atoms with Gasteiger partial charge in [-0.25, -0.2) is 0 Å². The van der Waals surface area contributed by atoms with Crippen LogP contribution in [0.2, 0.25) is 0 Å². The van der Waals surface area contributed by atoms with Crippen molar-refractivity contribution < 1.29 is 0 Å². The van der Waals surface area contributed by atoms with Crippen LogP contribution in [0.15, 0.2) is 16.8 Å². The number of aliphatic imine (C=N–C) groups is 1. The van der Waals surface area contributed by atoms with Crippen LogP contribution in [-0.2, 0) is 0 Å². The van der Waals surface area contributed by atoms with Gasteiger partial charge in [-0.1, -0.05) is 18.9 Å². The van der Waals surface area contributed by atoms with E-state index in [1.54, 1.807) is 5.70 Å². The molecule has 1 unspecified atom stereocenters. The predicted octanol–water partition coefficient (Wildman–Crippen LogP) is 3.49. The number of allylic oxidation sites excluding steroid dienone is 2. The van der Waals surface area contributed by atoms with E-state index in [4.69, 9.17) is 4.99 Å². The second-order valence-electron chi connectivity index (χ2n) is 5.41. The third kappa shape index (κ3) is 1.68. The number of rotatable bonds is 1. The van der Waals surface area contributed by atoms with Crippen LogP contribution in [-0.4, -0.2) is 22.8 Å². The zero-order chi connectivity index (χ0) is 11.0. The van der Waals surface area contributed by atoms with E-state index < -0.39 is 0 Å². The highest BCUT2D eigenvalue weighted by Crippen LogP contribution is 2.35. The van der Waals surface area contributed by atoms with Gasteiger partial charge < -0.3 is 4.90 Å². The summed E-state index contributed by atoms with van der Waals surface area (Å²) in [5.74, 6) is 1.28. The molecule has 0 aromatic heterocycles. The average molecular weight is 218 g/mol. The molecule has 16 heavy (non-hydrogen) atoms. The zero-order valence-corrected chi connectivity index (χ0v) is 10.3. The Hall–Kier alpha value is -0.790. The molecule has 2 atom stereocenters. The third-order valence-electron chi connectivity index (χ3n) is 4.30. The number of fused-ring (bicyclic) bond motifs is 1. The minimum atomic E-state index is 0.608. The molecule has 2 heteroatoms. The van der Waals surface area contributed by atoms with Gasteiger partial charge in [0, 0.05) is 5.70 Å². The van der Waals surface area contributed by atoms with Gasteiger partial charge in [-0.05, 0) is 45.4 Å². The minimum absolute atomic E-state index is 0.608. The summed E-state index contributed by atoms with van der Waals surface area (Å²) in [5, 5.41) is 0. The van der Waals surface area contributed by atoms with E-state index in [0.29, 0.717) is 12.1 Å². The summed E-state index contributed by atoms with van der Waals surface area (Å²) in [6.07, 6.45) is 13.2. The molecule has 3 rings (SSSR count). The molecule has 0 spiro atoms. The van der Waals surface area contributed by atoms with Crippen molar-refractivity contribution in [1.29, 1.82) is 0 Å². The van der Waals surface area contributed by atoms with E-state index in [0.717, 1.165) is 0 Å². The van der Waals surface area contributed by atoms with Crippen LogP contribution >= 0.6 is 0 Å². The van der Waals surface area contributed by atoms with E-state index in [1.807, 2.05) is 0 Å². The summed E-state index contributed by atoms with van der Waals surface area (Å²) in [6.45, 7) is 2.20. The van der Waals surface area contributed by atoms with Gasteiger partial charge in [0.25, 0.3) is 0 Å². The lowest BCUT2D eigenvalue weighted by molar-refractivity contribution is 0.271. The molecule has 0 bridgehead atoms. The maximum absolute atomic E-state index is 4.87. The van der Waals surface area contributed by atoms with E-state index in [9.17, 15) is 0 Å². The molecule has 1 heterocycles. The van der Waals surface area contributed by atoms with Crippen LogP contribution < -0.4 is 0 Å². The van der Waals surface area contributed by atoms with Crippen LogP contribution in [0.25, 0.3) is 0 Å². The summed E-state index contributed by atoms with van der Waals surface area (Å²) >= 11 is 0. The molecule has 0 aromatic rings. The fourth-order valence-electron chi connectivity index (χ4n) is 3.55. The highest BCUT2D eigenvalue weighted by molar-refractivity contribution is 5.84. The molecular formula is C14H22N2. The van der Waals surface area contributed by atoms with Gasteiger partial charge >= 0.3 is 0 Å². The SMILES string of the molecule is CC1=NC2CCCC[C@@H]2N1C1=CCCCC1. The quantitative estimate of drug-likeness (QED) is 0.658. The van der Waals surface area contributed by atoms with Crippen molar-refractivity contribution in [3.8, 4) is 0 Å². The van der Waals surface area contributed by atoms with Gasteiger partial charge in [-0.3, -0.25) is 4.99 Å². The lowest BCUT2D eigenvalue weighted by Gasteiger charge is -2.35. The van der Waals surface area contributed by atoms with Crippen molar-refractivity contribution in [3.05, 3.63) is 11.8 Å². The van der Waals surface area contributed by atoms with Crippen molar-refractivity contribution >= 4 is 5.84 Å². The minimum Gasteiger partial charge on any atom is -0.329 e. The molecule has 1 fully saturated rings. The molecule has 88 valence electrons. The predicted molar refractivity (Wildman–Crippen MR) is 67.5 cm³/mol. The fourth-order valence-corrected chi connectivity index (χ4v) is 3.55. The summed E-state index contributed by atoms with van der Waals surface area (Å²) in [4.78, 5) is 7.44. The summed E-state index contributed by atoms with van der Waals surface area (Å²) in [7, 11) is 0. The van der Waals surface area contributed by atoms with E-state index >= 15 is 0 Å². The van der Waals surface area contributed by atoms with Gasteiger partial charge in [0.1, 0.15) is 5.84 Å². The molecule has 0 N–H and O–H groups in total. The summed E-state index contributed by atoms with van der Waals surface area (Å²) in [5.41, 5.74) is 1.57. The van der Waals surface area contributed by atoms with Crippen molar-refractivity contribution in [1.82, 2.24) is 4.90 Å². The molecule has 2 nitrogen and oxygen atoms in total. The van der Waals surface area contributed by atoms with Crippen LogP contribution in [0.5, 0.6) is 0 Å². The van der Waals surface area contributed by atoms with Gasteiger partial charge in [-0.15, -0.1) is 0 Å². The lowest BCUT2D eigenvalue weighted by atomic mass is 9.90. The number of hydrogen-bond donors (Lipinski definition) is 0. The Labute approximate surface area is 98.4 Å². The molecule has 0 saturated heterocycles. The summed E-state index contributed by atoms with van der Waals surface area (Å²) < 4.78 is 0. The van der Waals surface area contributed by atoms with Crippen LogP contribution in [0.1, 0.15) is 58.3 Å². The fraction of sp³-hybridized carbons (Fsp3) is 0.786. The smallest absolute Gasteiger partial charge is 0.101 e. The van der Waals surface area contributed by atoms with E-state index in [2.05, 4.69) is 17.9 Å². The van der Waals surface area contributed by atoms with Crippen molar-refractivity contribution in [2.24, 2.45) is 4.99 Å². The van der Waals surface area contributed by atoms with Crippen molar-refractivity contribution in [3.63, 3.8) is 0 Å². The second kappa shape index (κ2) is 4.23. The maximum atomic E-state index is 4.87. The molecule has 0 radical (unpaired) electrons. The second-order valence-corrected chi connectivity index (χ2v) is 5.41. The first-order valence-electron chi connectivity index (χ1n) is 6.89. The van der Waals surface area contributed by atoms with Gasteiger partial charge in [0.15, 0.2) is 0 Å². The Morgan fingerprint density at radius 2 is 2.06 bits per heavy atom. The van der Waals surface area contributed by atoms with Crippen molar-refractivity contribution in [2.75, 3.05) is 0 Å². The average Bonchev–Trinajstić information content (AvgIpc) is 2.66. The van der Waals surface area contributed by atoms with Crippen LogP contribution in [0, 0.1) is 0 Å². The van der Waals surface area contributed by atoms with Crippen LogP contribution in [0.3, 0.4) is 0 Å². The zero-order valence-electron chi connectivity index (χ0n) is 10.3. The van der Waals surface area contributed by atoms with Gasteiger partial charge in [0.2, 0.25) is 0 Å². The summed E-state index contributed by atoms with van der Waals surface area (Å²) in [6, 6.07) is 1.31. The molecule has 0 aromatic carbocycles. The first-order chi connectivity index (χ1) is 7.86. The Balaban J connectivity index is 1.83. The molecule has 2 aliphatic carbocycles.